The second-order valence-electron chi connectivity index (χ2n) is 9.27. The van der Waals surface area contributed by atoms with Crippen molar-refractivity contribution < 1.29 is 4.79 Å². The number of nitrogens with one attached hydrogen (secondary N) is 1. The molecule has 0 radical (unpaired) electrons. The molecule has 35 heavy (non-hydrogen) atoms. The van der Waals surface area contributed by atoms with Crippen LogP contribution in [-0.2, 0) is 13.1 Å². The number of amides is 1. The van der Waals surface area contributed by atoms with Crippen LogP contribution in [0.4, 0.5) is 0 Å². The molecule has 2 heterocycles. The molecule has 1 amide bonds. The molecule has 1 N–H and O–H groups in total. The van der Waals surface area contributed by atoms with Crippen LogP contribution in [0, 0.1) is 0 Å². The fourth-order valence-corrected chi connectivity index (χ4v) is 4.86. The molecule has 1 fully saturated rings. The molecule has 1 aromatic heterocycles. The number of carbonyl (C=O) groups is 1. The van der Waals surface area contributed by atoms with Crippen molar-refractivity contribution in [3.8, 4) is 0 Å². The van der Waals surface area contributed by atoms with E-state index in [0.29, 0.717) is 29.2 Å². The standard InChI is InChI=1S/C28H34N4O3/c1-3-17-31-24-10-4-5-11-25(24)32(28(35)27(31)34)20-22-12-14-23(15-13-22)26(33)29-16-8-19-30-18-7-6-9-21(30)2/h3-5,10-15,21H,1,6-9,16-20H2,2H3,(H,29,33)/t21-/m0/s1. The first-order valence-corrected chi connectivity index (χ1v) is 12.4. The zero-order valence-electron chi connectivity index (χ0n) is 20.4. The highest BCUT2D eigenvalue weighted by Gasteiger charge is 2.17. The van der Waals surface area contributed by atoms with E-state index < -0.39 is 11.1 Å². The van der Waals surface area contributed by atoms with Crippen LogP contribution >= 0.6 is 0 Å². The molecule has 4 rings (SSSR count). The molecule has 1 aliphatic rings. The number of benzene rings is 2. The van der Waals surface area contributed by atoms with Crippen LogP contribution in [0.5, 0.6) is 0 Å². The molecule has 0 saturated carbocycles. The van der Waals surface area contributed by atoms with Gasteiger partial charge in [0.2, 0.25) is 0 Å². The average molecular weight is 475 g/mol. The normalized spacial score (nSPS) is 16.3. The van der Waals surface area contributed by atoms with Gasteiger partial charge >= 0.3 is 11.1 Å². The molecular weight excluding hydrogens is 440 g/mol. The molecule has 1 saturated heterocycles. The summed E-state index contributed by atoms with van der Waals surface area (Å²) < 4.78 is 2.94. The van der Waals surface area contributed by atoms with Crippen LogP contribution in [0.3, 0.4) is 0 Å². The average Bonchev–Trinajstić information content (AvgIpc) is 2.88. The highest BCUT2D eigenvalue weighted by Crippen LogP contribution is 2.16. The number of carbonyl (C=O) groups excluding carboxylic acids is 1. The lowest BCUT2D eigenvalue weighted by Crippen LogP contribution is -2.41. The smallest absolute Gasteiger partial charge is 0.317 e. The number of para-hydroxylation sites is 2. The van der Waals surface area contributed by atoms with E-state index in [1.807, 2.05) is 36.4 Å². The second kappa shape index (κ2) is 11.3. The molecule has 3 aromatic rings. The predicted molar refractivity (Wildman–Crippen MR) is 140 cm³/mol. The fraction of sp³-hybridized carbons (Fsp3) is 0.393. The van der Waals surface area contributed by atoms with Crippen molar-refractivity contribution in [2.45, 2.75) is 51.7 Å². The molecule has 2 aromatic carbocycles. The van der Waals surface area contributed by atoms with Crippen LogP contribution in [0.1, 0.15) is 48.5 Å². The summed E-state index contributed by atoms with van der Waals surface area (Å²) >= 11 is 0. The first-order chi connectivity index (χ1) is 17.0. The van der Waals surface area contributed by atoms with E-state index in [1.165, 1.54) is 28.4 Å². The van der Waals surface area contributed by atoms with Crippen molar-refractivity contribution in [1.82, 2.24) is 19.4 Å². The highest BCUT2D eigenvalue weighted by atomic mass is 16.2. The molecule has 184 valence electrons. The van der Waals surface area contributed by atoms with Gasteiger partial charge in [0.15, 0.2) is 0 Å². The Bertz CT molecular complexity index is 1310. The Morgan fingerprint density at radius 1 is 1.03 bits per heavy atom. The zero-order chi connectivity index (χ0) is 24.8. The third-order valence-corrected chi connectivity index (χ3v) is 6.85. The van der Waals surface area contributed by atoms with Gasteiger partial charge in [0, 0.05) is 31.2 Å². The van der Waals surface area contributed by atoms with Crippen molar-refractivity contribution in [3.05, 3.63) is 93.0 Å². The summed E-state index contributed by atoms with van der Waals surface area (Å²) in [6.45, 7) is 9.30. The summed E-state index contributed by atoms with van der Waals surface area (Å²) in [4.78, 5) is 40.6. The third kappa shape index (κ3) is 5.62. The van der Waals surface area contributed by atoms with E-state index in [1.54, 1.807) is 18.2 Å². The van der Waals surface area contributed by atoms with Gasteiger partial charge in [-0.25, -0.2) is 0 Å². The number of hydrogen-bond donors (Lipinski definition) is 1. The molecule has 1 aliphatic heterocycles. The Hall–Kier alpha value is -3.45. The summed E-state index contributed by atoms with van der Waals surface area (Å²) in [5.74, 6) is -0.0992. The number of hydrogen-bond acceptors (Lipinski definition) is 4. The molecule has 7 nitrogen and oxygen atoms in total. The Morgan fingerprint density at radius 3 is 2.40 bits per heavy atom. The summed E-state index contributed by atoms with van der Waals surface area (Å²) in [6, 6.07) is 15.2. The van der Waals surface area contributed by atoms with Crippen LogP contribution in [0.2, 0.25) is 0 Å². The van der Waals surface area contributed by atoms with Crippen LogP contribution < -0.4 is 16.4 Å². The number of likely N-dealkylation sites (tertiary alicyclic amines) is 1. The van der Waals surface area contributed by atoms with Crippen molar-refractivity contribution in [1.29, 1.82) is 0 Å². The first kappa shape index (κ1) is 24.7. The van der Waals surface area contributed by atoms with Crippen LogP contribution in [0.15, 0.2) is 70.8 Å². The topological polar surface area (TPSA) is 76.3 Å². The number of aromatic nitrogens is 2. The van der Waals surface area contributed by atoms with E-state index in [-0.39, 0.29) is 19.0 Å². The third-order valence-electron chi connectivity index (χ3n) is 6.85. The van der Waals surface area contributed by atoms with Gasteiger partial charge in [-0.2, -0.15) is 0 Å². The monoisotopic (exact) mass is 474 g/mol. The van der Waals surface area contributed by atoms with E-state index in [4.69, 9.17) is 0 Å². The predicted octanol–water partition coefficient (Wildman–Crippen LogP) is 3.39. The van der Waals surface area contributed by atoms with Crippen LogP contribution in [-0.4, -0.2) is 45.6 Å². The van der Waals surface area contributed by atoms with Gasteiger partial charge in [0.05, 0.1) is 17.6 Å². The van der Waals surface area contributed by atoms with E-state index in [9.17, 15) is 14.4 Å². The van der Waals surface area contributed by atoms with E-state index >= 15 is 0 Å². The maximum Gasteiger partial charge on any atom is 0.317 e. The molecule has 0 bridgehead atoms. The lowest BCUT2D eigenvalue weighted by atomic mass is 10.0. The van der Waals surface area contributed by atoms with Crippen molar-refractivity contribution in [3.63, 3.8) is 0 Å². The lowest BCUT2D eigenvalue weighted by Gasteiger charge is -2.33. The van der Waals surface area contributed by atoms with Gasteiger partial charge in [-0.05, 0) is 62.6 Å². The molecule has 7 heteroatoms. The van der Waals surface area contributed by atoms with Gasteiger partial charge in [-0.3, -0.25) is 23.5 Å². The van der Waals surface area contributed by atoms with Gasteiger partial charge in [0.25, 0.3) is 5.91 Å². The first-order valence-electron chi connectivity index (χ1n) is 12.4. The highest BCUT2D eigenvalue weighted by molar-refractivity contribution is 5.94. The van der Waals surface area contributed by atoms with Crippen molar-refractivity contribution in [2.24, 2.45) is 0 Å². The largest absolute Gasteiger partial charge is 0.352 e. The quantitative estimate of drug-likeness (QED) is 0.293. The Labute approximate surface area is 205 Å². The number of nitrogens with zero attached hydrogens (tertiary/aromatic N) is 3. The number of piperidine rings is 1. The summed E-state index contributed by atoms with van der Waals surface area (Å²) in [5.41, 5.74) is 1.65. The Balaban J connectivity index is 1.41. The van der Waals surface area contributed by atoms with E-state index in [2.05, 4.69) is 23.7 Å². The molecule has 0 spiro atoms. The number of allylic oxidation sites excluding steroid dienone is 1. The van der Waals surface area contributed by atoms with E-state index in [0.717, 1.165) is 25.1 Å². The van der Waals surface area contributed by atoms with Gasteiger partial charge in [0.1, 0.15) is 0 Å². The maximum atomic E-state index is 12.9. The van der Waals surface area contributed by atoms with Gasteiger partial charge in [-0.1, -0.05) is 36.8 Å². The SMILES string of the molecule is C=CCn1c(=O)c(=O)n(Cc2ccc(C(=O)NCCCN3CCCC[C@@H]3C)cc2)c2ccccc21. The van der Waals surface area contributed by atoms with Crippen molar-refractivity contribution >= 4 is 16.9 Å². The second-order valence-corrected chi connectivity index (χ2v) is 9.27. The minimum atomic E-state index is -0.574. The van der Waals surface area contributed by atoms with Crippen molar-refractivity contribution in [2.75, 3.05) is 19.6 Å². The summed E-state index contributed by atoms with van der Waals surface area (Å²) in [6.07, 6.45) is 6.37. The molecule has 1 atom stereocenters. The molecule has 0 unspecified atom stereocenters. The van der Waals surface area contributed by atoms with Gasteiger partial charge in [-0.15, -0.1) is 6.58 Å². The summed E-state index contributed by atoms with van der Waals surface area (Å²) in [5, 5.41) is 3.01. The fourth-order valence-electron chi connectivity index (χ4n) is 4.86. The minimum Gasteiger partial charge on any atom is -0.352 e. The summed E-state index contributed by atoms with van der Waals surface area (Å²) in [7, 11) is 0. The Kier molecular flexibility index (Phi) is 7.98. The maximum absolute atomic E-state index is 12.9. The lowest BCUT2D eigenvalue weighted by molar-refractivity contribution is 0.0949. The van der Waals surface area contributed by atoms with Crippen LogP contribution in [0.25, 0.3) is 11.0 Å². The Morgan fingerprint density at radius 2 is 1.71 bits per heavy atom. The molecule has 0 aliphatic carbocycles. The number of fused-ring (bicyclic) bond motifs is 1. The molecular formula is C28H34N4O3. The van der Waals surface area contributed by atoms with Gasteiger partial charge < -0.3 is 10.2 Å². The zero-order valence-corrected chi connectivity index (χ0v) is 20.4. The number of rotatable bonds is 9. The minimum absolute atomic E-state index is 0.0992.